The molecule has 212 valence electrons. The third-order valence-electron chi connectivity index (χ3n) is 6.66. The van der Waals surface area contributed by atoms with Gasteiger partial charge in [0.2, 0.25) is 11.8 Å². The molecule has 0 saturated carbocycles. The van der Waals surface area contributed by atoms with Crippen LogP contribution in [-0.4, -0.2) is 56.6 Å². The van der Waals surface area contributed by atoms with Gasteiger partial charge in [-0.2, -0.15) is 0 Å². The van der Waals surface area contributed by atoms with Crippen LogP contribution in [-0.2, 0) is 23.1 Å². The minimum absolute atomic E-state index is 0. The van der Waals surface area contributed by atoms with Gasteiger partial charge in [0, 0.05) is 7.11 Å². The van der Waals surface area contributed by atoms with Gasteiger partial charge in [-0.05, 0) is 18.4 Å². The van der Waals surface area contributed by atoms with Gasteiger partial charge in [-0.15, -0.1) is 0 Å². The van der Waals surface area contributed by atoms with Gasteiger partial charge in [-0.3, -0.25) is 13.9 Å². The van der Waals surface area contributed by atoms with Gasteiger partial charge < -0.3 is 18.9 Å². The minimum atomic E-state index is -3.90. The topological polar surface area (TPSA) is 82.1 Å². The number of nitrogens with zero attached hydrogens (tertiary/aromatic N) is 1. The highest BCUT2D eigenvalue weighted by atomic mass is 31.2. The van der Waals surface area contributed by atoms with Gasteiger partial charge in [0.1, 0.15) is 6.54 Å². The van der Waals surface area contributed by atoms with Gasteiger partial charge in [0.25, 0.3) is 0 Å². The minimum Gasteiger partial charge on any atom is -0.418 e. The van der Waals surface area contributed by atoms with Crippen LogP contribution < -0.4 is 0 Å². The number of rotatable bonds is 23. The number of hydrogen-bond acceptors (Lipinski definition) is 6. The molecule has 2 unspecified atom stereocenters. The molecule has 36 heavy (non-hydrogen) atoms. The molecule has 2 atom stereocenters. The average Bonchev–Trinajstić information content (AvgIpc) is 3.18. The Kier molecular flexibility index (Phi) is 17.1. The summed E-state index contributed by atoms with van der Waals surface area (Å²) in [5.41, 5.74) is 0.657. The average molecular weight is 537 g/mol. The van der Waals surface area contributed by atoms with E-state index in [1.54, 1.807) is 0 Å². The van der Waals surface area contributed by atoms with E-state index in [4.69, 9.17) is 13.8 Å². The summed E-state index contributed by atoms with van der Waals surface area (Å²) in [6, 6.07) is 0. The van der Waals surface area contributed by atoms with E-state index < -0.39 is 19.9 Å². The number of hydrogen-bond donors (Lipinski definition) is 1. The molecule has 0 aromatic carbocycles. The summed E-state index contributed by atoms with van der Waals surface area (Å²) in [5.74, 6) is -0.446. The van der Waals surface area contributed by atoms with Crippen molar-refractivity contribution in [3.8, 4) is 0 Å². The highest BCUT2D eigenvalue weighted by Gasteiger charge is 2.42. The number of unbranched alkanes of at least 4 members (excludes halogenated alkanes) is 15. The zero-order valence-electron chi connectivity index (χ0n) is 27.9. The van der Waals surface area contributed by atoms with Gasteiger partial charge in [0.15, 0.2) is 0 Å². The summed E-state index contributed by atoms with van der Waals surface area (Å²) < 4.78 is 29.5. The Morgan fingerprint density at radius 1 is 0.889 bits per heavy atom. The molecule has 1 N–H and O–H groups in total. The summed E-state index contributed by atoms with van der Waals surface area (Å²) in [6.07, 6.45) is 20.2. The number of carbonyl (C=O) groups is 1. The number of aliphatic hydroxyl groups excluding tert-OH is 1. The maximum atomic E-state index is 13.3. The number of likely N-dealkylation sites (N-methyl/N-ethyl adjacent to an activating group) is 1. The summed E-state index contributed by atoms with van der Waals surface area (Å²) in [6.45, 7) is 2.49. The first-order chi connectivity index (χ1) is 17.1. The molecule has 0 amide bonds. The van der Waals surface area contributed by atoms with Crippen molar-refractivity contribution in [2.75, 3.05) is 34.8 Å². The standard InChI is InChI=1S/C28H55NO6P/c1-6-7-8-9-10-11-12-13-14-15-16-17-18-19-20-21-22-25-23-26(30)34-28(25)36(32,33-5)35-27(31)24-29(2,3)4/h27,31H,6-24H2,1-5H3/q+1/p+4. The molecule has 0 aromatic rings. The highest BCUT2D eigenvalue weighted by molar-refractivity contribution is 7.58. The lowest BCUT2D eigenvalue weighted by Crippen LogP contribution is -2.42. The highest BCUT2D eigenvalue weighted by Crippen LogP contribution is 2.60. The molecule has 0 spiro atoms. The molecule has 8 heteroatoms. The summed E-state index contributed by atoms with van der Waals surface area (Å²) in [4.78, 5) is 12.0. The molecule has 0 radical (unpaired) electrons. The Morgan fingerprint density at radius 3 is 1.75 bits per heavy atom. The summed E-state index contributed by atoms with van der Waals surface area (Å²) in [5, 5.41) is 10.2. The van der Waals surface area contributed by atoms with E-state index >= 15 is 0 Å². The van der Waals surface area contributed by atoms with Crippen molar-refractivity contribution in [1.29, 1.82) is 0 Å². The van der Waals surface area contributed by atoms with E-state index in [-0.39, 0.29) is 24.2 Å². The van der Waals surface area contributed by atoms with Crippen LogP contribution >= 0.6 is 7.60 Å². The predicted molar refractivity (Wildman–Crippen MR) is 151 cm³/mol. The Morgan fingerprint density at radius 2 is 1.33 bits per heavy atom. The lowest BCUT2D eigenvalue weighted by atomic mass is 10.0. The summed E-state index contributed by atoms with van der Waals surface area (Å²) in [7, 11) is 3.03. The normalized spacial score (nSPS) is 16.9. The van der Waals surface area contributed by atoms with Crippen LogP contribution in [0.1, 0.15) is 128 Å². The van der Waals surface area contributed by atoms with Gasteiger partial charge in [-0.1, -0.05) is 103 Å². The molecule has 0 bridgehead atoms. The molecule has 7 nitrogen and oxygen atoms in total. The van der Waals surface area contributed by atoms with Crippen molar-refractivity contribution in [2.45, 2.75) is 129 Å². The molecule has 0 aliphatic carbocycles. The number of carbonyl (C=O) groups excluding carboxylic acids is 1. The third-order valence-corrected chi connectivity index (χ3v) is 8.56. The zero-order valence-corrected chi connectivity index (χ0v) is 24.8. The van der Waals surface area contributed by atoms with Crippen LogP contribution in [0.15, 0.2) is 11.1 Å². The number of quaternary nitrogens is 1. The van der Waals surface area contributed by atoms with Crippen LogP contribution in [0, 0.1) is 0 Å². The second-order valence-corrected chi connectivity index (χ2v) is 13.3. The molecular formula is C28H59NO6P+5. The Labute approximate surface area is 227 Å². The van der Waals surface area contributed by atoms with Crippen molar-refractivity contribution in [3.05, 3.63) is 11.1 Å². The number of esters is 1. The summed E-state index contributed by atoms with van der Waals surface area (Å²) >= 11 is 0. The lowest BCUT2D eigenvalue weighted by molar-refractivity contribution is -0.876. The van der Waals surface area contributed by atoms with Crippen LogP contribution in [0.5, 0.6) is 0 Å². The SMILES string of the molecule is CCCCCCCCCCCCCCCCCCC1=C(P(=O)(OC)OC(O)C[N+](C)(C)C)OC(=O)C1.[H+].[H+].[H+].[H+]. The quantitative estimate of drug-likeness (QED) is 0.0467. The Bertz CT molecular complexity index is 707. The molecular weight excluding hydrogens is 477 g/mol. The first-order valence-corrected chi connectivity index (χ1v) is 15.9. The van der Waals surface area contributed by atoms with Crippen molar-refractivity contribution < 1.29 is 38.4 Å². The van der Waals surface area contributed by atoms with Gasteiger partial charge >= 0.3 is 19.3 Å². The predicted octanol–water partition coefficient (Wildman–Crippen LogP) is 8.13. The first-order valence-electron chi connectivity index (χ1n) is 14.4. The smallest absolute Gasteiger partial charge is 0.418 e. The fourth-order valence-electron chi connectivity index (χ4n) is 4.63. The zero-order chi connectivity index (χ0) is 26.9. The van der Waals surface area contributed by atoms with Crippen molar-refractivity contribution >= 4 is 13.6 Å². The van der Waals surface area contributed by atoms with E-state index in [0.29, 0.717) is 16.5 Å². The number of aliphatic hydroxyl groups is 1. The maximum Gasteiger partial charge on any atom is 1.00 e. The van der Waals surface area contributed by atoms with Crippen LogP contribution in [0.4, 0.5) is 0 Å². The lowest BCUT2D eigenvalue weighted by Gasteiger charge is -2.28. The van der Waals surface area contributed by atoms with E-state index in [0.717, 1.165) is 19.3 Å². The van der Waals surface area contributed by atoms with Crippen LogP contribution in [0.25, 0.3) is 0 Å². The fourth-order valence-corrected chi connectivity index (χ4v) is 6.16. The van der Waals surface area contributed by atoms with Crippen molar-refractivity contribution in [2.24, 2.45) is 0 Å². The third kappa shape index (κ3) is 14.9. The van der Waals surface area contributed by atoms with E-state index in [2.05, 4.69) is 6.92 Å². The molecule has 1 aliphatic rings. The molecule has 1 aliphatic heterocycles. The van der Waals surface area contributed by atoms with Crippen LogP contribution in [0.2, 0.25) is 0 Å². The molecule has 1 rings (SSSR count). The maximum absolute atomic E-state index is 13.3. The Balaban J connectivity index is -0.00000162. The van der Waals surface area contributed by atoms with Crippen LogP contribution in [0.3, 0.4) is 0 Å². The van der Waals surface area contributed by atoms with Gasteiger partial charge in [-0.25, -0.2) is 0 Å². The molecule has 1 heterocycles. The Hall–Kier alpha value is -0.720. The van der Waals surface area contributed by atoms with E-state index in [1.165, 1.54) is 90.6 Å². The number of cyclic esters (lactones) is 1. The molecule has 0 aromatic heterocycles. The van der Waals surface area contributed by atoms with Gasteiger partial charge in [0.05, 0.1) is 27.6 Å². The molecule has 0 saturated heterocycles. The molecule has 0 fully saturated rings. The second kappa shape index (κ2) is 18.5. The number of ether oxygens (including phenoxy) is 1. The fraction of sp³-hybridized carbons (Fsp3) is 0.893. The second-order valence-electron chi connectivity index (χ2n) is 11.3. The van der Waals surface area contributed by atoms with E-state index in [1.807, 2.05) is 21.1 Å². The largest absolute Gasteiger partial charge is 1.00 e. The monoisotopic (exact) mass is 536 g/mol. The van der Waals surface area contributed by atoms with Crippen molar-refractivity contribution in [1.82, 2.24) is 0 Å². The van der Waals surface area contributed by atoms with Crippen molar-refractivity contribution in [3.63, 3.8) is 0 Å². The first kappa shape index (κ1) is 33.3. The van der Waals surface area contributed by atoms with E-state index in [9.17, 15) is 14.5 Å².